The molecule has 1 heterocycles. The van der Waals surface area contributed by atoms with Gasteiger partial charge in [0.2, 0.25) is 0 Å². The smallest absolute Gasteiger partial charge is 0.140 e. The maximum absolute atomic E-state index is 4.28. The highest BCUT2D eigenvalue weighted by molar-refractivity contribution is 9.10. The van der Waals surface area contributed by atoms with Crippen LogP contribution in [-0.2, 0) is 0 Å². The highest BCUT2D eigenvalue weighted by Gasteiger charge is 2.41. The predicted molar refractivity (Wildman–Crippen MR) is 65.9 cm³/mol. The molecule has 1 aromatic heterocycles. The Hall–Kier alpha value is -0.220. The topological polar surface area (TPSA) is 24.9 Å². The minimum atomic E-state index is 0.483. The standard InChI is InChI=1S/C10H13BrN2S/c1-14-10(4-5-10)7-13-9-8(11)3-2-6-12-9/h2-3,6H,4-5,7H2,1H3,(H,12,13). The zero-order valence-corrected chi connectivity index (χ0v) is 10.5. The molecule has 0 saturated heterocycles. The van der Waals surface area contributed by atoms with Crippen molar-refractivity contribution in [1.29, 1.82) is 0 Å². The molecule has 14 heavy (non-hydrogen) atoms. The second-order valence-corrected chi connectivity index (χ2v) is 5.70. The van der Waals surface area contributed by atoms with Gasteiger partial charge >= 0.3 is 0 Å². The van der Waals surface area contributed by atoms with Gasteiger partial charge in [0, 0.05) is 17.5 Å². The fraction of sp³-hybridized carbons (Fsp3) is 0.500. The van der Waals surface area contributed by atoms with Gasteiger partial charge < -0.3 is 5.32 Å². The quantitative estimate of drug-likeness (QED) is 0.912. The highest BCUT2D eigenvalue weighted by Crippen LogP contribution is 2.47. The molecule has 0 radical (unpaired) electrons. The molecule has 4 heteroatoms. The summed E-state index contributed by atoms with van der Waals surface area (Å²) in [5, 5.41) is 3.39. The van der Waals surface area contributed by atoms with Crippen molar-refractivity contribution in [2.75, 3.05) is 18.1 Å². The summed E-state index contributed by atoms with van der Waals surface area (Å²) in [7, 11) is 0. The number of aromatic nitrogens is 1. The van der Waals surface area contributed by atoms with Gasteiger partial charge in [-0.2, -0.15) is 11.8 Å². The molecule has 0 atom stereocenters. The molecular formula is C10H13BrN2S. The molecule has 2 rings (SSSR count). The normalized spacial score (nSPS) is 17.9. The fourth-order valence-corrected chi connectivity index (χ4v) is 2.48. The summed E-state index contributed by atoms with van der Waals surface area (Å²) >= 11 is 5.43. The Morgan fingerprint density at radius 1 is 1.64 bits per heavy atom. The first-order chi connectivity index (χ1) is 6.76. The average Bonchev–Trinajstić information content (AvgIpc) is 2.98. The molecule has 0 unspecified atom stereocenters. The molecular weight excluding hydrogens is 260 g/mol. The Labute approximate surface area is 97.0 Å². The van der Waals surface area contributed by atoms with Gasteiger partial charge in [-0.05, 0) is 47.2 Å². The average molecular weight is 273 g/mol. The molecule has 0 aromatic carbocycles. The molecule has 1 aliphatic rings. The molecule has 0 aliphatic heterocycles. The number of nitrogens with zero attached hydrogens (tertiary/aromatic N) is 1. The fourth-order valence-electron chi connectivity index (χ4n) is 1.35. The van der Waals surface area contributed by atoms with Crippen molar-refractivity contribution >= 4 is 33.5 Å². The molecule has 0 bridgehead atoms. The van der Waals surface area contributed by atoms with Crippen LogP contribution < -0.4 is 5.32 Å². The van der Waals surface area contributed by atoms with Crippen LogP contribution in [0.1, 0.15) is 12.8 Å². The molecule has 1 aromatic rings. The van der Waals surface area contributed by atoms with E-state index in [1.165, 1.54) is 12.8 Å². The molecule has 1 N–H and O–H groups in total. The van der Waals surface area contributed by atoms with E-state index in [-0.39, 0.29) is 0 Å². The van der Waals surface area contributed by atoms with E-state index < -0.39 is 0 Å². The van der Waals surface area contributed by atoms with E-state index in [1.807, 2.05) is 30.1 Å². The number of hydrogen-bond acceptors (Lipinski definition) is 3. The van der Waals surface area contributed by atoms with Crippen LogP contribution in [0.4, 0.5) is 5.82 Å². The third kappa shape index (κ3) is 2.23. The summed E-state index contributed by atoms with van der Waals surface area (Å²) in [6.45, 7) is 1.02. The lowest BCUT2D eigenvalue weighted by atomic mass is 10.4. The van der Waals surface area contributed by atoms with Crippen molar-refractivity contribution in [3.63, 3.8) is 0 Å². The van der Waals surface area contributed by atoms with E-state index in [1.54, 1.807) is 0 Å². The summed E-state index contributed by atoms with van der Waals surface area (Å²) in [6, 6.07) is 3.94. The largest absolute Gasteiger partial charge is 0.368 e. The van der Waals surface area contributed by atoms with E-state index >= 15 is 0 Å². The number of thioether (sulfide) groups is 1. The van der Waals surface area contributed by atoms with Gasteiger partial charge in [-0.3, -0.25) is 0 Å². The van der Waals surface area contributed by atoms with Crippen molar-refractivity contribution in [2.45, 2.75) is 17.6 Å². The van der Waals surface area contributed by atoms with Crippen LogP contribution in [0.15, 0.2) is 22.8 Å². The van der Waals surface area contributed by atoms with Gasteiger partial charge in [-0.1, -0.05) is 0 Å². The first-order valence-electron chi connectivity index (χ1n) is 4.65. The van der Waals surface area contributed by atoms with Crippen LogP contribution in [0, 0.1) is 0 Å². The van der Waals surface area contributed by atoms with Gasteiger partial charge in [-0.15, -0.1) is 0 Å². The summed E-state index contributed by atoms with van der Waals surface area (Å²) < 4.78 is 1.52. The first kappa shape index (κ1) is 10.3. The summed E-state index contributed by atoms with van der Waals surface area (Å²) in [6.07, 6.45) is 6.64. The van der Waals surface area contributed by atoms with E-state index in [4.69, 9.17) is 0 Å². The third-order valence-electron chi connectivity index (χ3n) is 2.58. The summed E-state index contributed by atoms with van der Waals surface area (Å²) in [5.41, 5.74) is 0. The second kappa shape index (κ2) is 4.11. The lowest BCUT2D eigenvalue weighted by Gasteiger charge is -2.14. The zero-order valence-electron chi connectivity index (χ0n) is 8.09. The molecule has 76 valence electrons. The number of pyridine rings is 1. The maximum atomic E-state index is 4.28. The molecule has 0 spiro atoms. The third-order valence-corrected chi connectivity index (χ3v) is 4.64. The second-order valence-electron chi connectivity index (χ2n) is 3.57. The predicted octanol–water partition coefficient (Wildman–Crippen LogP) is 3.15. The van der Waals surface area contributed by atoms with Gasteiger partial charge in [0.25, 0.3) is 0 Å². The molecule has 1 aliphatic carbocycles. The summed E-state index contributed by atoms with van der Waals surface area (Å²) in [4.78, 5) is 4.28. The summed E-state index contributed by atoms with van der Waals surface area (Å²) in [5.74, 6) is 0.952. The maximum Gasteiger partial charge on any atom is 0.140 e. The van der Waals surface area contributed by atoms with Crippen molar-refractivity contribution in [3.05, 3.63) is 22.8 Å². The highest BCUT2D eigenvalue weighted by atomic mass is 79.9. The Kier molecular flexibility index (Phi) is 3.02. The van der Waals surface area contributed by atoms with E-state index in [0.29, 0.717) is 4.75 Å². The number of nitrogens with one attached hydrogen (secondary N) is 1. The van der Waals surface area contributed by atoms with Crippen LogP contribution in [-0.4, -0.2) is 22.5 Å². The first-order valence-corrected chi connectivity index (χ1v) is 6.67. The van der Waals surface area contributed by atoms with Gasteiger partial charge in [0.05, 0.1) is 4.47 Å². The lowest BCUT2D eigenvalue weighted by molar-refractivity contribution is 0.939. The Bertz CT molecular complexity index is 326. The number of rotatable bonds is 4. The van der Waals surface area contributed by atoms with Gasteiger partial charge in [0.1, 0.15) is 5.82 Å². The Balaban J connectivity index is 1.95. The van der Waals surface area contributed by atoms with Crippen LogP contribution >= 0.6 is 27.7 Å². The minimum absolute atomic E-state index is 0.483. The van der Waals surface area contributed by atoms with Crippen molar-refractivity contribution < 1.29 is 0 Å². The van der Waals surface area contributed by atoms with Gasteiger partial charge in [0.15, 0.2) is 0 Å². The van der Waals surface area contributed by atoms with E-state index in [9.17, 15) is 0 Å². The van der Waals surface area contributed by atoms with Crippen LogP contribution in [0.25, 0.3) is 0 Å². The minimum Gasteiger partial charge on any atom is -0.368 e. The Morgan fingerprint density at radius 3 is 3.00 bits per heavy atom. The van der Waals surface area contributed by atoms with Gasteiger partial charge in [-0.25, -0.2) is 4.98 Å². The van der Waals surface area contributed by atoms with Crippen LogP contribution in [0.3, 0.4) is 0 Å². The van der Waals surface area contributed by atoms with Crippen LogP contribution in [0.2, 0.25) is 0 Å². The molecule has 0 amide bonds. The van der Waals surface area contributed by atoms with E-state index in [2.05, 4.69) is 32.5 Å². The van der Waals surface area contributed by atoms with Crippen molar-refractivity contribution in [1.82, 2.24) is 4.98 Å². The SMILES string of the molecule is CSC1(CNc2ncccc2Br)CC1. The molecule has 1 fully saturated rings. The lowest BCUT2D eigenvalue weighted by Crippen LogP contribution is -2.18. The zero-order chi connectivity index (χ0) is 10.0. The van der Waals surface area contributed by atoms with Crippen molar-refractivity contribution in [2.24, 2.45) is 0 Å². The molecule has 2 nitrogen and oxygen atoms in total. The number of halogens is 1. The van der Waals surface area contributed by atoms with Crippen molar-refractivity contribution in [3.8, 4) is 0 Å². The Morgan fingerprint density at radius 2 is 2.43 bits per heavy atom. The number of anilines is 1. The monoisotopic (exact) mass is 272 g/mol. The van der Waals surface area contributed by atoms with E-state index in [0.717, 1.165) is 16.8 Å². The molecule has 1 saturated carbocycles. The number of hydrogen-bond donors (Lipinski definition) is 1. The van der Waals surface area contributed by atoms with Crippen LogP contribution in [0.5, 0.6) is 0 Å².